The monoisotopic (exact) mass is 302 g/mol. The Hall–Kier alpha value is -1.76. The zero-order valence-corrected chi connectivity index (χ0v) is 12.4. The molecule has 0 fully saturated rings. The van der Waals surface area contributed by atoms with Gasteiger partial charge < -0.3 is 14.6 Å². The van der Waals surface area contributed by atoms with E-state index in [4.69, 9.17) is 14.6 Å². The van der Waals surface area contributed by atoms with E-state index < -0.39 is 21.1 Å². The lowest BCUT2D eigenvalue weighted by molar-refractivity contribution is 0.0692. The molecule has 0 bridgehead atoms. The summed E-state index contributed by atoms with van der Waals surface area (Å²) in [5, 5.41) is 8.55. The molecule has 0 aliphatic carbocycles. The van der Waals surface area contributed by atoms with Gasteiger partial charge in [0.15, 0.2) is 9.84 Å². The van der Waals surface area contributed by atoms with Crippen LogP contribution in [0.3, 0.4) is 0 Å². The highest BCUT2D eigenvalue weighted by molar-refractivity contribution is 7.91. The summed E-state index contributed by atoms with van der Waals surface area (Å²) in [5.74, 6) is -0.775. The number of carboxylic acids is 1. The Morgan fingerprint density at radius 1 is 1.35 bits per heavy atom. The minimum atomic E-state index is -3.22. The number of carbonyl (C=O) groups is 1. The highest BCUT2D eigenvalue weighted by Gasteiger charge is 2.17. The van der Waals surface area contributed by atoms with Gasteiger partial charge in [-0.1, -0.05) is 0 Å². The van der Waals surface area contributed by atoms with Gasteiger partial charge in [0, 0.05) is 6.07 Å². The van der Waals surface area contributed by atoms with Crippen molar-refractivity contribution in [2.24, 2.45) is 0 Å². The second-order valence-corrected chi connectivity index (χ2v) is 7.11. The van der Waals surface area contributed by atoms with E-state index in [-0.39, 0.29) is 23.7 Å². The molecule has 0 atom stereocenters. The van der Waals surface area contributed by atoms with Gasteiger partial charge >= 0.3 is 5.97 Å². The highest BCUT2D eigenvalue weighted by atomic mass is 32.2. The van der Waals surface area contributed by atoms with Gasteiger partial charge in [0.25, 0.3) is 0 Å². The van der Waals surface area contributed by atoms with Crippen LogP contribution in [0.4, 0.5) is 0 Å². The fraction of sp³-hybridized carbons (Fsp3) is 0.462. The second kappa shape index (κ2) is 6.60. The van der Waals surface area contributed by atoms with Gasteiger partial charge in [-0.2, -0.15) is 0 Å². The summed E-state index contributed by atoms with van der Waals surface area (Å²) < 4.78 is 33.6. The first-order valence-corrected chi connectivity index (χ1v) is 7.75. The van der Waals surface area contributed by atoms with Crippen LogP contribution in [0.25, 0.3) is 0 Å². The van der Waals surface area contributed by atoms with Gasteiger partial charge in [-0.05, 0) is 26.0 Å². The summed E-state index contributed by atoms with van der Waals surface area (Å²) in [6.07, 6.45) is 0. The molecule has 0 aliphatic heterocycles. The van der Waals surface area contributed by atoms with Crippen LogP contribution >= 0.6 is 0 Å². The van der Waals surface area contributed by atoms with Crippen molar-refractivity contribution in [1.29, 1.82) is 0 Å². The molecule has 0 amide bonds. The van der Waals surface area contributed by atoms with Crippen molar-refractivity contribution in [3.63, 3.8) is 0 Å². The van der Waals surface area contributed by atoms with E-state index in [2.05, 4.69) is 0 Å². The van der Waals surface area contributed by atoms with E-state index in [1.54, 1.807) is 13.8 Å². The summed E-state index contributed by atoms with van der Waals surface area (Å²) >= 11 is 0. The third-order valence-corrected chi connectivity index (χ3v) is 4.94. The number of aromatic carboxylic acids is 1. The van der Waals surface area contributed by atoms with Gasteiger partial charge in [0.2, 0.25) is 0 Å². The van der Waals surface area contributed by atoms with Gasteiger partial charge in [0.1, 0.15) is 23.7 Å². The van der Waals surface area contributed by atoms with Gasteiger partial charge in [-0.3, -0.25) is 0 Å². The fourth-order valence-electron chi connectivity index (χ4n) is 1.43. The normalized spacial score (nSPS) is 11.4. The number of hydrogen-bond acceptors (Lipinski definition) is 5. The number of methoxy groups -OCH3 is 1. The van der Waals surface area contributed by atoms with Crippen LogP contribution in [0.5, 0.6) is 11.5 Å². The number of benzene rings is 1. The number of carboxylic acid groups (broad SMARTS) is 1. The van der Waals surface area contributed by atoms with Crippen molar-refractivity contribution in [1.82, 2.24) is 0 Å². The maximum Gasteiger partial charge on any atom is 0.339 e. The smallest absolute Gasteiger partial charge is 0.339 e. The number of ether oxygens (including phenoxy) is 2. The molecule has 0 aliphatic rings. The summed E-state index contributed by atoms with van der Waals surface area (Å²) in [7, 11) is -1.77. The van der Waals surface area contributed by atoms with Crippen LogP contribution in [-0.2, 0) is 9.84 Å². The highest BCUT2D eigenvalue weighted by Crippen LogP contribution is 2.25. The Morgan fingerprint density at radius 3 is 2.50 bits per heavy atom. The lowest BCUT2D eigenvalue weighted by Gasteiger charge is -2.12. The van der Waals surface area contributed by atoms with Crippen LogP contribution in [0, 0.1) is 0 Å². The Kier molecular flexibility index (Phi) is 5.38. The second-order valence-electron chi connectivity index (χ2n) is 4.43. The van der Waals surface area contributed by atoms with E-state index in [1.165, 1.54) is 25.3 Å². The van der Waals surface area contributed by atoms with Crippen molar-refractivity contribution in [3.05, 3.63) is 23.8 Å². The summed E-state index contributed by atoms with van der Waals surface area (Å²) in [6, 6.07) is 4.28. The molecule has 0 spiro atoms. The van der Waals surface area contributed by atoms with E-state index in [0.717, 1.165) is 0 Å². The molecular weight excluding hydrogens is 284 g/mol. The average Bonchev–Trinajstić information content (AvgIpc) is 2.37. The zero-order valence-electron chi connectivity index (χ0n) is 11.6. The molecule has 112 valence electrons. The average molecular weight is 302 g/mol. The van der Waals surface area contributed by atoms with Crippen molar-refractivity contribution in [3.8, 4) is 11.5 Å². The molecule has 0 radical (unpaired) electrons. The SMILES string of the molecule is COc1ccc(C(=O)O)c(OCCS(=O)(=O)C(C)C)c1. The lowest BCUT2D eigenvalue weighted by atomic mass is 10.2. The molecule has 0 heterocycles. The first-order chi connectivity index (χ1) is 9.27. The van der Waals surface area contributed by atoms with Gasteiger partial charge in [-0.15, -0.1) is 0 Å². The predicted octanol–water partition coefficient (Wildman–Crippen LogP) is 1.60. The zero-order chi connectivity index (χ0) is 15.3. The van der Waals surface area contributed by atoms with Crippen LogP contribution in [0.1, 0.15) is 24.2 Å². The quantitative estimate of drug-likeness (QED) is 0.822. The molecule has 20 heavy (non-hydrogen) atoms. The van der Waals surface area contributed by atoms with E-state index in [9.17, 15) is 13.2 Å². The van der Waals surface area contributed by atoms with Crippen LogP contribution in [0.15, 0.2) is 18.2 Å². The third-order valence-electron chi connectivity index (χ3n) is 2.76. The molecule has 0 aromatic heterocycles. The molecule has 0 saturated heterocycles. The Bertz CT molecular complexity index is 577. The third kappa shape index (κ3) is 4.12. The minimum Gasteiger partial charge on any atom is -0.497 e. The van der Waals surface area contributed by atoms with Crippen molar-refractivity contribution < 1.29 is 27.8 Å². The number of hydrogen-bond donors (Lipinski definition) is 1. The van der Waals surface area contributed by atoms with Crippen molar-refractivity contribution in [2.75, 3.05) is 19.5 Å². The van der Waals surface area contributed by atoms with Crippen molar-refractivity contribution in [2.45, 2.75) is 19.1 Å². The lowest BCUT2D eigenvalue weighted by Crippen LogP contribution is -2.22. The summed E-state index contributed by atoms with van der Waals surface area (Å²) in [6.45, 7) is 3.07. The topological polar surface area (TPSA) is 89.9 Å². The minimum absolute atomic E-state index is 0.0345. The molecule has 6 nitrogen and oxygen atoms in total. The summed E-state index contributed by atoms with van der Waals surface area (Å²) in [4.78, 5) is 11.1. The Morgan fingerprint density at radius 2 is 2.00 bits per heavy atom. The van der Waals surface area contributed by atoms with Crippen LogP contribution in [0.2, 0.25) is 0 Å². The van der Waals surface area contributed by atoms with E-state index in [1.807, 2.05) is 0 Å². The van der Waals surface area contributed by atoms with Crippen LogP contribution in [-0.4, -0.2) is 44.2 Å². The van der Waals surface area contributed by atoms with Crippen molar-refractivity contribution >= 4 is 15.8 Å². The molecule has 0 saturated carbocycles. The van der Waals surface area contributed by atoms with E-state index in [0.29, 0.717) is 5.75 Å². The molecule has 1 rings (SSSR count). The Labute approximate surface area is 118 Å². The molecule has 0 unspecified atom stereocenters. The Balaban J connectivity index is 2.84. The van der Waals surface area contributed by atoms with E-state index >= 15 is 0 Å². The molecule has 7 heteroatoms. The molecule has 1 aromatic carbocycles. The first kappa shape index (κ1) is 16.3. The maximum absolute atomic E-state index is 11.6. The van der Waals surface area contributed by atoms with Gasteiger partial charge in [0.05, 0.1) is 18.1 Å². The predicted molar refractivity (Wildman–Crippen MR) is 74.4 cm³/mol. The van der Waals surface area contributed by atoms with Gasteiger partial charge in [-0.25, -0.2) is 13.2 Å². The fourth-order valence-corrected chi connectivity index (χ4v) is 2.22. The molecule has 1 N–H and O–H groups in total. The summed E-state index contributed by atoms with van der Waals surface area (Å²) in [5.41, 5.74) is -0.0345. The largest absolute Gasteiger partial charge is 0.497 e. The van der Waals surface area contributed by atoms with Crippen LogP contribution < -0.4 is 9.47 Å². The molecule has 1 aromatic rings. The molecular formula is C13H18O6S. The number of rotatable bonds is 7. The maximum atomic E-state index is 11.6. The standard InChI is InChI=1S/C13H18O6S/c1-9(2)20(16,17)7-6-19-12-8-10(18-3)4-5-11(12)13(14)15/h4-5,8-9H,6-7H2,1-3H3,(H,14,15). The first-order valence-electron chi connectivity index (χ1n) is 6.03. The number of sulfone groups is 1.